The molecule has 0 saturated carbocycles. The number of amides is 2. The van der Waals surface area contributed by atoms with Crippen molar-refractivity contribution in [3.63, 3.8) is 0 Å². The van der Waals surface area contributed by atoms with Crippen LogP contribution in [0.15, 0.2) is 54.6 Å². The van der Waals surface area contributed by atoms with Crippen molar-refractivity contribution in [3.8, 4) is 11.8 Å². The first kappa shape index (κ1) is 18.3. The molecule has 0 bridgehead atoms. The lowest BCUT2D eigenvalue weighted by Crippen LogP contribution is -2.40. The van der Waals surface area contributed by atoms with Crippen LogP contribution in [0.25, 0.3) is 10.8 Å². The maximum atomic E-state index is 12.9. The van der Waals surface area contributed by atoms with Crippen molar-refractivity contribution in [1.29, 1.82) is 0 Å². The van der Waals surface area contributed by atoms with Crippen LogP contribution in [0.5, 0.6) is 0 Å². The number of hydrogen-bond donors (Lipinski definition) is 0. The highest BCUT2D eigenvalue weighted by molar-refractivity contribution is 6.30. The van der Waals surface area contributed by atoms with Gasteiger partial charge in [-0.25, -0.2) is 0 Å². The maximum Gasteiger partial charge on any atom is 0.261 e. The van der Waals surface area contributed by atoms with Crippen LogP contribution in [0.3, 0.4) is 0 Å². The number of carbonyl (C=O) groups is 2. The summed E-state index contributed by atoms with van der Waals surface area (Å²) in [5.74, 6) is 5.85. The molecule has 0 N–H and O–H groups in total. The molecule has 0 spiro atoms. The molecule has 1 aliphatic rings. The van der Waals surface area contributed by atoms with Crippen molar-refractivity contribution in [2.24, 2.45) is 0 Å². The molecule has 0 fully saturated rings. The van der Waals surface area contributed by atoms with Gasteiger partial charge in [0.1, 0.15) is 0 Å². The molecular weight excluding hydrogens is 370 g/mol. The van der Waals surface area contributed by atoms with Gasteiger partial charge in [0.25, 0.3) is 11.8 Å². The Morgan fingerprint density at radius 1 is 0.893 bits per heavy atom. The summed E-state index contributed by atoms with van der Waals surface area (Å²) in [4.78, 5) is 27.2. The van der Waals surface area contributed by atoms with Crippen LogP contribution in [0, 0.1) is 11.8 Å². The second-order valence-electron chi connectivity index (χ2n) is 6.76. The van der Waals surface area contributed by atoms with Crippen LogP contribution in [-0.2, 0) is 0 Å². The van der Waals surface area contributed by atoms with Crippen LogP contribution < -0.4 is 0 Å². The first-order chi connectivity index (χ1) is 13.6. The Labute approximate surface area is 168 Å². The molecule has 0 radical (unpaired) electrons. The van der Waals surface area contributed by atoms with Gasteiger partial charge in [0, 0.05) is 39.2 Å². The second-order valence-corrected chi connectivity index (χ2v) is 7.20. The van der Waals surface area contributed by atoms with Gasteiger partial charge in [0.05, 0.1) is 0 Å². The molecule has 28 heavy (non-hydrogen) atoms. The summed E-state index contributed by atoms with van der Waals surface area (Å²) in [5, 5.41) is 2.19. The van der Waals surface area contributed by atoms with Gasteiger partial charge < -0.3 is 0 Å². The zero-order valence-corrected chi connectivity index (χ0v) is 16.2. The summed E-state index contributed by atoms with van der Waals surface area (Å²) < 4.78 is 0. The molecule has 0 aliphatic carbocycles. The van der Waals surface area contributed by atoms with Gasteiger partial charge in [-0.1, -0.05) is 48.9 Å². The SMILES string of the molecule is CCCCN1C(=O)c2cccc3c(C#Cc4ccc(Cl)cc4)ccc(c23)C1=O. The van der Waals surface area contributed by atoms with E-state index in [9.17, 15) is 9.59 Å². The molecule has 0 aromatic heterocycles. The maximum absolute atomic E-state index is 12.9. The summed E-state index contributed by atoms with van der Waals surface area (Å²) in [6, 6.07) is 16.5. The third-order valence-corrected chi connectivity index (χ3v) is 5.16. The number of rotatable bonds is 3. The predicted octanol–water partition coefficient (Wildman–Crippen LogP) is 5.29. The quantitative estimate of drug-likeness (QED) is 0.452. The Hall–Kier alpha value is -3.09. The fourth-order valence-corrected chi connectivity index (χ4v) is 3.57. The number of benzene rings is 3. The molecule has 0 saturated heterocycles. The smallest absolute Gasteiger partial charge is 0.261 e. The van der Waals surface area contributed by atoms with Crippen molar-refractivity contribution < 1.29 is 9.59 Å². The standard InChI is InChI=1S/C24H18ClNO2/c1-2-3-15-26-23(27)20-6-4-5-19-17(11-14-21(22(19)20)24(26)28)10-7-16-8-12-18(25)13-9-16/h4-6,8-9,11-14H,2-3,15H2,1H3. The molecule has 3 aromatic rings. The molecule has 138 valence electrons. The van der Waals surface area contributed by atoms with Gasteiger partial charge in [-0.15, -0.1) is 0 Å². The van der Waals surface area contributed by atoms with Gasteiger partial charge in [-0.2, -0.15) is 0 Å². The Morgan fingerprint density at radius 2 is 1.61 bits per heavy atom. The molecule has 0 unspecified atom stereocenters. The lowest BCUT2D eigenvalue weighted by Gasteiger charge is -2.27. The van der Waals surface area contributed by atoms with Crippen LogP contribution in [0.1, 0.15) is 51.6 Å². The average Bonchev–Trinajstić information content (AvgIpc) is 2.71. The highest BCUT2D eigenvalue weighted by Crippen LogP contribution is 2.32. The van der Waals surface area contributed by atoms with Crippen molar-refractivity contribution in [2.75, 3.05) is 6.54 Å². The molecule has 0 atom stereocenters. The van der Waals surface area contributed by atoms with E-state index in [0.29, 0.717) is 28.1 Å². The van der Waals surface area contributed by atoms with Gasteiger partial charge in [0.2, 0.25) is 0 Å². The number of hydrogen-bond acceptors (Lipinski definition) is 2. The average molecular weight is 388 g/mol. The van der Waals surface area contributed by atoms with Crippen molar-refractivity contribution in [3.05, 3.63) is 81.9 Å². The number of imide groups is 1. The highest BCUT2D eigenvalue weighted by Gasteiger charge is 2.32. The highest BCUT2D eigenvalue weighted by atomic mass is 35.5. The van der Waals surface area contributed by atoms with E-state index in [0.717, 1.165) is 29.4 Å². The van der Waals surface area contributed by atoms with Crippen LogP contribution >= 0.6 is 11.6 Å². The van der Waals surface area contributed by atoms with E-state index in [1.165, 1.54) is 4.90 Å². The molecule has 4 heteroatoms. The summed E-state index contributed by atoms with van der Waals surface area (Å²) in [5.41, 5.74) is 2.78. The van der Waals surface area contributed by atoms with E-state index in [1.807, 2.05) is 37.3 Å². The summed E-state index contributed by atoms with van der Waals surface area (Å²) in [7, 11) is 0. The zero-order chi connectivity index (χ0) is 19.7. The lowest BCUT2D eigenvalue weighted by molar-refractivity contribution is 0.0608. The molecule has 1 heterocycles. The zero-order valence-electron chi connectivity index (χ0n) is 15.5. The lowest BCUT2D eigenvalue weighted by atomic mass is 9.91. The van der Waals surface area contributed by atoms with Gasteiger partial charge in [-0.3, -0.25) is 14.5 Å². The molecule has 3 aromatic carbocycles. The van der Waals surface area contributed by atoms with Crippen molar-refractivity contribution >= 4 is 34.2 Å². The summed E-state index contributed by atoms with van der Waals surface area (Å²) >= 11 is 5.92. The topological polar surface area (TPSA) is 37.4 Å². The first-order valence-corrected chi connectivity index (χ1v) is 9.67. The number of nitrogens with zero attached hydrogens (tertiary/aromatic N) is 1. The fraction of sp³-hybridized carbons (Fsp3) is 0.167. The Bertz CT molecular complexity index is 1130. The molecule has 4 rings (SSSR count). The van der Waals surface area contributed by atoms with Crippen molar-refractivity contribution in [2.45, 2.75) is 19.8 Å². The first-order valence-electron chi connectivity index (χ1n) is 9.29. The third-order valence-electron chi connectivity index (χ3n) is 4.91. The predicted molar refractivity (Wildman–Crippen MR) is 112 cm³/mol. The number of halogens is 1. The molecule has 1 aliphatic heterocycles. The van der Waals surface area contributed by atoms with Gasteiger partial charge in [0.15, 0.2) is 0 Å². The number of carbonyl (C=O) groups excluding carboxylic acids is 2. The molecular formula is C24H18ClNO2. The van der Waals surface area contributed by atoms with Crippen LogP contribution in [-0.4, -0.2) is 23.3 Å². The van der Waals surface area contributed by atoms with Crippen LogP contribution in [0.4, 0.5) is 0 Å². The minimum atomic E-state index is -0.223. The normalized spacial score (nSPS) is 12.9. The van der Waals surface area contributed by atoms with E-state index in [4.69, 9.17) is 11.6 Å². The monoisotopic (exact) mass is 387 g/mol. The molecule has 3 nitrogen and oxygen atoms in total. The molecule has 2 amide bonds. The minimum Gasteiger partial charge on any atom is -0.274 e. The van der Waals surface area contributed by atoms with Gasteiger partial charge in [-0.05, 0) is 54.3 Å². The fourth-order valence-electron chi connectivity index (χ4n) is 3.45. The van der Waals surface area contributed by atoms with Gasteiger partial charge >= 0.3 is 0 Å². The van der Waals surface area contributed by atoms with E-state index in [-0.39, 0.29) is 11.8 Å². The Balaban J connectivity index is 1.82. The van der Waals surface area contributed by atoms with Crippen LogP contribution in [0.2, 0.25) is 5.02 Å². The number of unbranched alkanes of at least 4 members (excludes halogenated alkanes) is 1. The summed E-state index contributed by atoms with van der Waals surface area (Å²) in [6.45, 7) is 2.49. The van der Waals surface area contributed by atoms with E-state index in [2.05, 4.69) is 11.8 Å². The Morgan fingerprint density at radius 3 is 2.32 bits per heavy atom. The van der Waals surface area contributed by atoms with E-state index in [1.54, 1.807) is 24.3 Å². The van der Waals surface area contributed by atoms with Crippen molar-refractivity contribution in [1.82, 2.24) is 4.90 Å². The largest absolute Gasteiger partial charge is 0.274 e. The van der Waals surface area contributed by atoms with E-state index >= 15 is 0 Å². The Kier molecular flexibility index (Phi) is 4.90. The minimum absolute atomic E-state index is 0.223. The summed E-state index contributed by atoms with van der Waals surface area (Å²) in [6.07, 6.45) is 1.72. The van der Waals surface area contributed by atoms with E-state index < -0.39 is 0 Å². The third kappa shape index (κ3) is 3.17. The second kappa shape index (κ2) is 7.50.